The summed E-state index contributed by atoms with van der Waals surface area (Å²) in [6, 6.07) is 10.5. The maximum absolute atomic E-state index is 12.8. The first kappa shape index (κ1) is 28.3. The van der Waals surface area contributed by atoms with Crippen molar-refractivity contribution in [3.05, 3.63) is 73.6 Å². The van der Waals surface area contributed by atoms with Gasteiger partial charge in [-0.15, -0.1) is 11.3 Å². The van der Waals surface area contributed by atoms with Crippen LogP contribution in [-0.2, 0) is 23.0 Å². The average Bonchev–Trinajstić information content (AvgIpc) is 3.24. The van der Waals surface area contributed by atoms with E-state index in [2.05, 4.69) is 31.8 Å². The summed E-state index contributed by atoms with van der Waals surface area (Å²) < 4.78 is 36.3. The van der Waals surface area contributed by atoms with Crippen molar-refractivity contribution in [1.29, 1.82) is 5.26 Å². The highest BCUT2D eigenvalue weighted by Crippen LogP contribution is 2.45. The third kappa shape index (κ3) is 5.97. The number of hydrogen-bond acceptors (Lipinski definition) is 9. The molecule has 1 aliphatic rings. The van der Waals surface area contributed by atoms with E-state index in [9.17, 15) is 23.8 Å². The van der Waals surface area contributed by atoms with Gasteiger partial charge in [0.2, 0.25) is 0 Å². The Hall–Kier alpha value is -3.75. The summed E-state index contributed by atoms with van der Waals surface area (Å²) >= 11 is 1.54. The van der Waals surface area contributed by atoms with Crippen LogP contribution in [0.15, 0.2) is 46.3 Å². The molecule has 0 saturated carbocycles. The summed E-state index contributed by atoms with van der Waals surface area (Å²) in [6.07, 6.45) is 4.45. The van der Waals surface area contributed by atoms with E-state index < -0.39 is 15.0 Å². The maximum Gasteiger partial charge on any atom is 0.339 e. The second kappa shape index (κ2) is 10.8. The lowest BCUT2D eigenvalue weighted by Crippen LogP contribution is -2.26. The number of aliphatic imine (C=N–C) groups is 1. The molecule has 9 nitrogen and oxygen atoms in total. The van der Waals surface area contributed by atoms with Crippen molar-refractivity contribution in [2.75, 3.05) is 7.11 Å². The molecule has 0 fully saturated rings. The number of hydrogen-bond donors (Lipinski definition) is 0. The molecule has 39 heavy (non-hydrogen) atoms. The van der Waals surface area contributed by atoms with Crippen LogP contribution in [0.5, 0.6) is 11.5 Å². The maximum atomic E-state index is 12.8. The molecular weight excluding hydrogens is 538 g/mol. The number of nitriles is 1. The van der Waals surface area contributed by atoms with Crippen molar-refractivity contribution in [1.82, 2.24) is 0 Å². The first-order valence-electron chi connectivity index (χ1n) is 12.3. The van der Waals surface area contributed by atoms with Crippen LogP contribution in [0.3, 0.4) is 0 Å². The second-order valence-electron chi connectivity index (χ2n) is 10.5. The Morgan fingerprint density at radius 3 is 2.59 bits per heavy atom. The molecule has 2 aromatic carbocycles. The van der Waals surface area contributed by atoms with E-state index in [-0.39, 0.29) is 27.5 Å². The molecular formula is C28H29N3O6S2. The molecule has 0 saturated heterocycles. The van der Waals surface area contributed by atoms with Crippen LogP contribution in [0.2, 0.25) is 0 Å². The van der Waals surface area contributed by atoms with Gasteiger partial charge in [0.25, 0.3) is 5.69 Å². The monoisotopic (exact) mass is 567 g/mol. The highest BCUT2D eigenvalue weighted by molar-refractivity contribution is 7.87. The smallest absolute Gasteiger partial charge is 0.339 e. The molecule has 1 heterocycles. The van der Waals surface area contributed by atoms with Crippen molar-refractivity contribution in [3.8, 4) is 17.6 Å². The summed E-state index contributed by atoms with van der Waals surface area (Å²) in [5.41, 5.74) is 2.53. The van der Waals surface area contributed by atoms with Gasteiger partial charge in [-0.05, 0) is 72.9 Å². The SMILES string of the molecule is COc1cc(C=Nc2sc3c(c2C#N)CC[C@H](C(C)(C)C)C3)ccc1OS(=O)(=O)c1ccc(C)c([N+](=O)[O-])c1. The molecule has 1 aromatic heterocycles. The van der Waals surface area contributed by atoms with Crippen molar-refractivity contribution < 1.29 is 22.3 Å². The third-order valence-corrected chi connectivity index (χ3v) is 9.36. The summed E-state index contributed by atoms with van der Waals surface area (Å²) in [5, 5.41) is 21.7. The first-order chi connectivity index (χ1) is 18.3. The fourth-order valence-electron chi connectivity index (χ4n) is 4.59. The molecule has 0 aliphatic heterocycles. The van der Waals surface area contributed by atoms with Gasteiger partial charge < -0.3 is 8.92 Å². The molecule has 0 bridgehead atoms. The number of thiophene rings is 1. The van der Waals surface area contributed by atoms with Gasteiger partial charge in [0, 0.05) is 22.7 Å². The molecule has 204 valence electrons. The van der Waals surface area contributed by atoms with Gasteiger partial charge in [0.05, 0.1) is 17.6 Å². The first-order valence-corrected chi connectivity index (χ1v) is 14.5. The van der Waals surface area contributed by atoms with Crippen molar-refractivity contribution in [3.63, 3.8) is 0 Å². The van der Waals surface area contributed by atoms with E-state index in [1.165, 1.54) is 37.1 Å². The Balaban J connectivity index is 1.58. The lowest BCUT2D eigenvalue weighted by molar-refractivity contribution is -0.385. The summed E-state index contributed by atoms with van der Waals surface area (Å²) in [6.45, 7) is 8.26. The van der Waals surface area contributed by atoms with Crippen LogP contribution < -0.4 is 8.92 Å². The Morgan fingerprint density at radius 1 is 1.21 bits per heavy atom. The van der Waals surface area contributed by atoms with E-state index >= 15 is 0 Å². The van der Waals surface area contributed by atoms with Gasteiger partial charge in [-0.1, -0.05) is 26.8 Å². The van der Waals surface area contributed by atoms with Crippen molar-refractivity contribution >= 4 is 38.4 Å². The predicted octanol–water partition coefficient (Wildman–Crippen LogP) is 6.51. The Labute approximate surface area is 232 Å². The van der Waals surface area contributed by atoms with E-state index in [1.807, 2.05) is 0 Å². The van der Waals surface area contributed by atoms with Crippen LogP contribution in [0.4, 0.5) is 10.7 Å². The minimum absolute atomic E-state index is 0.0737. The van der Waals surface area contributed by atoms with Crippen LogP contribution in [0, 0.1) is 39.7 Å². The van der Waals surface area contributed by atoms with Crippen LogP contribution in [-0.4, -0.2) is 26.7 Å². The van der Waals surface area contributed by atoms with E-state index in [4.69, 9.17) is 8.92 Å². The van der Waals surface area contributed by atoms with Gasteiger partial charge >= 0.3 is 10.1 Å². The van der Waals surface area contributed by atoms with Gasteiger partial charge in [-0.3, -0.25) is 10.1 Å². The highest BCUT2D eigenvalue weighted by atomic mass is 32.2. The zero-order valence-corrected chi connectivity index (χ0v) is 24.0. The number of rotatable bonds is 7. The fraction of sp³-hybridized carbons (Fsp3) is 0.357. The van der Waals surface area contributed by atoms with Crippen molar-refractivity contribution in [2.45, 2.75) is 51.9 Å². The number of nitrogens with zero attached hydrogens (tertiary/aromatic N) is 3. The molecule has 1 atom stereocenters. The number of benzene rings is 2. The zero-order chi connectivity index (χ0) is 28.5. The molecule has 1 aliphatic carbocycles. The fourth-order valence-corrected chi connectivity index (χ4v) is 6.77. The van der Waals surface area contributed by atoms with E-state index in [0.29, 0.717) is 27.6 Å². The standard InChI is InChI=1S/C28H29N3O6S2/c1-17-6-9-20(14-23(17)31(32)33)39(34,35)37-24-11-7-18(12-25(24)36-5)16-30-27-22(15-29)21-10-8-19(28(2,3)4)13-26(21)38-27/h6-7,9,11-12,14,16,19H,8,10,13H2,1-5H3/t19-/m0/s1. The van der Waals surface area contributed by atoms with Crippen LogP contribution in [0.25, 0.3) is 0 Å². The molecule has 0 amide bonds. The van der Waals surface area contributed by atoms with Gasteiger partial charge in [-0.2, -0.15) is 13.7 Å². The molecule has 3 aromatic rings. The number of methoxy groups -OCH3 is 1. The molecule has 0 spiro atoms. The summed E-state index contributed by atoms with van der Waals surface area (Å²) in [7, 11) is -2.99. The molecule has 4 rings (SSSR count). The topological polar surface area (TPSA) is 132 Å². The number of nitro benzene ring substituents is 1. The number of fused-ring (bicyclic) bond motifs is 1. The quantitative estimate of drug-likeness (QED) is 0.137. The largest absolute Gasteiger partial charge is 0.493 e. The van der Waals surface area contributed by atoms with Gasteiger partial charge in [0.15, 0.2) is 11.5 Å². The van der Waals surface area contributed by atoms with Crippen LogP contribution >= 0.6 is 11.3 Å². The van der Waals surface area contributed by atoms with Crippen LogP contribution in [0.1, 0.15) is 54.3 Å². The van der Waals surface area contributed by atoms with E-state index in [1.54, 1.807) is 29.7 Å². The molecule has 0 N–H and O–H groups in total. The summed E-state index contributed by atoms with van der Waals surface area (Å²) in [4.78, 5) is 16.1. The summed E-state index contributed by atoms with van der Waals surface area (Å²) in [5.74, 6) is 0.615. The Morgan fingerprint density at radius 2 is 1.95 bits per heavy atom. The lowest BCUT2D eigenvalue weighted by atomic mass is 9.72. The molecule has 11 heteroatoms. The molecule has 0 unspecified atom stereocenters. The highest BCUT2D eigenvalue weighted by Gasteiger charge is 2.32. The van der Waals surface area contributed by atoms with Gasteiger partial charge in [-0.25, -0.2) is 4.99 Å². The predicted molar refractivity (Wildman–Crippen MR) is 150 cm³/mol. The molecule has 0 radical (unpaired) electrons. The third-order valence-electron chi connectivity index (χ3n) is 6.97. The Kier molecular flexibility index (Phi) is 7.82. The number of aryl methyl sites for hydroxylation is 1. The van der Waals surface area contributed by atoms with Gasteiger partial charge in [0.1, 0.15) is 16.0 Å². The second-order valence-corrected chi connectivity index (χ2v) is 13.1. The lowest BCUT2D eigenvalue weighted by Gasteiger charge is -2.33. The average molecular weight is 568 g/mol. The minimum atomic E-state index is -4.37. The zero-order valence-electron chi connectivity index (χ0n) is 22.3. The minimum Gasteiger partial charge on any atom is -0.493 e. The Bertz CT molecular complexity index is 1610. The normalized spacial score (nSPS) is 15.5. The number of ether oxygens (including phenoxy) is 1. The van der Waals surface area contributed by atoms with E-state index in [0.717, 1.165) is 30.9 Å². The number of nitro groups is 1. The van der Waals surface area contributed by atoms with Crippen molar-refractivity contribution in [2.24, 2.45) is 16.3 Å².